The minimum Gasteiger partial charge on any atom is -0.465 e. The lowest BCUT2D eigenvalue weighted by Gasteiger charge is -2.04. The van der Waals surface area contributed by atoms with Crippen LogP contribution in [0.15, 0.2) is 0 Å². The molecule has 0 aromatic carbocycles. The highest BCUT2D eigenvalue weighted by atomic mass is 31.2. The molecule has 0 aromatic heterocycles. The Balaban J connectivity index is 3.39. The molecule has 4 heteroatoms. The van der Waals surface area contributed by atoms with E-state index in [1.807, 2.05) is 0 Å². The van der Waals surface area contributed by atoms with E-state index in [0.717, 1.165) is 0 Å². The molecule has 0 radical (unpaired) electrons. The molecular formula is C6H13O3P. The summed E-state index contributed by atoms with van der Waals surface area (Å²) in [5.74, 6) is -0.312. The van der Waals surface area contributed by atoms with Crippen molar-refractivity contribution >= 4 is 13.1 Å². The summed E-state index contributed by atoms with van der Waals surface area (Å²) < 4.78 is 15.6. The van der Waals surface area contributed by atoms with Gasteiger partial charge in [0.15, 0.2) is 0 Å². The molecule has 0 N–H and O–H groups in total. The van der Waals surface area contributed by atoms with Crippen LogP contribution in [0, 0.1) is 0 Å². The Morgan fingerprint density at radius 2 is 2.00 bits per heavy atom. The van der Waals surface area contributed by atoms with Crippen molar-refractivity contribution < 1.29 is 14.1 Å². The van der Waals surface area contributed by atoms with Gasteiger partial charge in [-0.15, -0.1) is 0 Å². The van der Waals surface area contributed by atoms with E-state index < -0.39 is 7.14 Å². The van der Waals surface area contributed by atoms with Gasteiger partial charge in [0.25, 0.3) is 0 Å². The molecule has 0 saturated carbocycles. The Hall–Kier alpha value is -0.300. The fourth-order valence-corrected chi connectivity index (χ4v) is 0.940. The van der Waals surface area contributed by atoms with Gasteiger partial charge in [-0.3, -0.25) is 4.79 Å². The van der Waals surface area contributed by atoms with Gasteiger partial charge in [-0.2, -0.15) is 0 Å². The number of hydrogen-bond acceptors (Lipinski definition) is 3. The Bertz CT molecular complexity index is 158. The van der Waals surface area contributed by atoms with E-state index in [0.29, 0.717) is 6.16 Å². The van der Waals surface area contributed by atoms with Crippen LogP contribution in [0.4, 0.5) is 0 Å². The number of esters is 1. The summed E-state index contributed by atoms with van der Waals surface area (Å²) in [4.78, 5) is 10.2. The van der Waals surface area contributed by atoms with Crippen molar-refractivity contribution in [3.8, 4) is 0 Å². The zero-order chi connectivity index (χ0) is 8.20. The number of hydrogen-bond donors (Lipinski definition) is 0. The SMILES string of the molecule is CC(=O)OCCP(C)(C)=O. The molecule has 0 aliphatic carbocycles. The smallest absolute Gasteiger partial charge is 0.302 e. The largest absolute Gasteiger partial charge is 0.465 e. The molecule has 0 aliphatic rings. The lowest BCUT2D eigenvalue weighted by atomic mass is 10.8. The lowest BCUT2D eigenvalue weighted by Crippen LogP contribution is -2.04. The van der Waals surface area contributed by atoms with Gasteiger partial charge < -0.3 is 9.30 Å². The van der Waals surface area contributed by atoms with Gasteiger partial charge in [-0.25, -0.2) is 0 Å². The monoisotopic (exact) mass is 164 g/mol. The van der Waals surface area contributed by atoms with E-state index in [1.165, 1.54) is 6.92 Å². The summed E-state index contributed by atoms with van der Waals surface area (Å²) in [6.45, 7) is 4.98. The van der Waals surface area contributed by atoms with Crippen LogP contribution in [-0.4, -0.2) is 32.1 Å². The normalized spacial score (nSPS) is 11.1. The fraction of sp³-hybridized carbons (Fsp3) is 0.833. The van der Waals surface area contributed by atoms with Gasteiger partial charge in [-0.05, 0) is 13.3 Å². The maximum atomic E-state index is 11.0. The summed E-state index contributed by atoms with van der Waals surface area (Å²) in [6.07, 6.45) is 0.479. The van der Waals surface area contributed by atoms with Crippen molar-refractivity contribution in [1.29, 1.82) is 0 Å². The standard InChI is InChI=1S/C6H13O3P/c1-6(7)9-4-5-10(2,3)8/h4-5H2,1-3H3. The van der Waals surface area contributed by atoms with Crippen LogP contribution < -0.4 is 0 Å². The Kier molecular flexibility index (Phi) is 3.66. The maximum Gasteiger partial charge on any atom is 0.302 e. The Labute approximate surface area is 61.1 Å². The van der Waals surface area contributed by atoms with Crippen LogP contribution >= 0.6 is 7.14 Å². The molecule has 10 heavy (non-hydrogen) atoms. The fourth-order valence-electron chi connectivity index (χ4n) is 0.409. The summed E-state index contributed by atoms with van der Waals surface area (Å²) >= 11 is 0. The first kappa shape index (κ1) is 9.70. The van der Waals surface area contributed by atoms with Crippen LogP contribution in [0.3, 0.4) is 0 Å². The molecule has 60 valence electrons. The molecule has 0 atom stereocenters. The van der Waals surface area contributed by atoms with Crippen molar-refractivity contribution in [2.75, 3.05) is 26.1 Å². The molecular weight excluding hydrogens is 151 g/mol. The molecule has 0 bridgehead atoms. The average molecular weight is 164 g/mol. The van der Waals surface area contributed by atoms with Crippen LogP contribution in [0.25, 0.3) is 0 Å². The highest BCUT2D eigenvalue weighted by Gasteiger charge is 2.06. The van der Waals surface area contributed by atoms with Gasteiger partial charge in [-0.1, -0.05) is 0 Å². The molecule has 0 saturated heterocycles. The van der Waals surface area contributed by atoms with Gasteiger partial charge in [0, 0.05) is 13.1 Å². The zero-order valence-corrected chi connectivity index (χ0v) is 7.48. The van der Waals surface area contributed by atoms with E-state index in [2.05, 4.69) is 4.74 Å². The Morgan fingerprint density at radius 3 is 2.30 bits per heavy atom. The number of carbonyl (C=O) groups is 1. The van der Waals surface area contributed by atoms with Gasteiger partial charge >= 0.3 is 5.97 Å². The van der Waals surface area contributed by atoms with Gasteiger partial charge in [0.1, 0.15) is 0 Å². The number of rotatable bonds is 3. The third kappa shape index (κ3) is 7.70. The number of ether oxygens (including phenoxy) is 1. The van der Waals surface area contributed by atoms with E-state index in [4.69, 9.17) is 0 Å². The minimum atomic E-state index is -2.00. The molecule has 0 amide bonds. The summed E-state index contributed by atoms with van der Waals surface area (Å²) in [7, 11) is -2.00. The van der Waals surface area contributed by atoms with Crippen molar-refractivity contribution in [2.45, 2.75) is 6.92 Å². The van der Waals surface area contributed by atoms with Crippen LogP contribution in [0.2, 0.25) is 0 Å². The predicted octanol–water partition coefficient (Wildman–Crippen LogP) is 1.17. The van der Waals surface area contributed by atoms with Crippen LogP contribution in [-0.2, 0) is 14.1 Å². The third-order valence-electron chi connectivity index (χ3n) is 0.935. The molecule has 0 aliphatic heterocycles. The van der Waals surface area contributed by atoms with E-state index in [-0.39, 0.29) is 12.6 Å². The second-order valence-electron chi connectivity index (χ2n) is 2.64. The molecule has 0 fully saturated rings. The topological polar surface area (TPSA) is 43.4 Å². The van der Waals surface area contributed by atoms with Crippen molar-refractivity contribution in [2.24, 2.45) is 0 Å². The lowest BCUT2D eigenvalue weighted by molar-refractivity contribution is -0.140. The first-order valence-electron chi connectivity index (χ1n) is 3.09. The molecule has 0 spiro atoms. The van der Waals surface area contributed by atoms with Crippen LogP contribution in [0.5, 0.6) is 0 Å². The predicted molar refractivity (Wildman–Crippen MR) is 41.0 cm³/mol. The maximum absolute atomic E-state index is 11.0. The van der Waals surface area contributed by atoms with E-state index >= 15 is 0 Å². The first-order chi connectivity index (χ1) is 4.42. The van der Waals surface area contributed by atoms with E-state index in [9.17, 15) is 9.36 Å². The quantitative estimate of drug-likeness (QED) is 0.464. The second kappa shape index (κ2) is 3.77. The van der Waals surface area contributed by atoms with E-state index in [1.54, 1.807) is 13.3 Å². The summed E-state index contributed by atoms with van der Waals surface area (Å²) in [5, 5.41) is 0. The summed E-state index contributed by atoms with van der Waals surface area (Å²) in [6, 6.07) is 0. The highest BCUT2D eigenvalue weighted by Crippen LogP contribution is 2.34. The molecule has 0 unspecified atom stereocenters. The van der Waals surface area contributed by atoms with Gasteiger partial charge in [0.05, 0.1) is 13.7 Å². The highest BCUT2D eigenvalue weighted by molar-refractivity contribution is 7.62. The van der Waals surface area contributed by atoms with Crippen molar-refractivity contribution in [3.05, 3.63) is 0 Å². The molecule has 0 heterocycles. The average Bonchev–Trinajstić information content (AvgIpc) is 1.59. The van der Waals surface area contributed by atoms with Crippen molar-refractivity contribution in [1.82, 2.24) is 0 Å². The van der Waals surface area contributed by atoms with Crippen molar-refractivity contribution in [3.63, 3.8) is 0 Å². The molecule has 0 rings (SSSR count). The first-order valence-corrected chi connectivity index (χ1v) is 5.88. The second-order valence-corrected chi connectivity index (χ2v) is 6.23. The Morgan fingerprint density at radius 1 is 1.50 bits per heavy atom. The molecule has 0 aromatic rings. The third-order valence-corrected chi connectivity index (χ3v) is 2.19. The van der Waals surface area contributed by atoms with Gasteiger partial charge in [0.2, 0.25) is 0 Å². The zero-order valence-electron chi connectivity index (χ0n) is 6.59. The van der Waals surface area contributed by atoms with Crippen LogP contribution in [0.1, 0.15) is 6.92 Å². The minimum absolute atomic E-state index is 0.277. The summed E-state index contributed by atoms with van der Waals surface area (Å²) in [5.41, 5.74) is 0. The number of carbonyl (C=O) groups excluding carboxylic acids is 1. The molecule has 3 nitrogen and oxygen atoms in total.